The van der Waals surface area contributed by atoms with Crippen LogP contribution in [0.15, 0.2) is 47.4 Å². The molecule has 8 heteroatoms. The molecule has 6 nitrogen and oxygen atoms in total. The Morgan fingerprint density at radius 1 is 1.14 bits per heavy atom. The number of rotatable bonds is 6. The number of carbonyl (C=O) groups is 1. The third-order valence-corrected chi connectivity index (χ3v) is 7.31. The molecule has 3 rings (SSSR count). The van der Waals surface area contributed by atoms with Crippen LogP contribution < -0.4 is 10.1 Å². The molecular formula is C21H25ClN2O4S. The average Bonchev–Trinajstić information content (AvgIpc) is 2.74. The van der Waals surface area contributed by atoms with Gasteiger partial charge < -0.3 is 10.1 Å². The van der Waals surface area contributed by atoms with E-state index < -0.39 is 15.9 Å². The fourth-order valence-corrected chi connectivity index (χ4v) is 5.22. The van der Waals surface area contributed by atoms with E-state index in [1.807, 2.05) is 31.2 Å². The molecule has 156 valence electrons. The normalized spacial score (nSPS) is 16.2. The van der Waals surface area contributed by atoms with E-state index in [1.165, 1.54) is 22.5 Å². The zero-order chi connectivity index (χ0) is 21.0. The molecule has 0 aromatic heterocycles. The molecule has 0 aliphatic carbocycles. The first-order chi connectivity index (χ1) is 13.8. The molecule has 2 aromatic carbocycles. The van der Waals surface area contributed by atoms with Crippen LogP contribution in [0.3, 0.4) is 0 Å². The number of benzene rings is 2. The maximum Gasteiger partial charge on any atom is 0.253 e. The van der Waals surface area contributed by atoms with E-state index in [-0.39, 0.29) is 21.5 Å². The largest absolute Gasteiger partial charge is 0.496 e. The number of piperidine rings is 1. The number of ether oxygens (including phenoxy) is 1. The molecule has 0 bridgehead atoms. The molecule has 0 spiro atoms. The summed E-state index contributed by atoms with van der Waals surface area (Å²) in [6.45, 7) is 2.83. The van der Waals surface area contributed by atoms with Crippen LogP contribution in [0.1, 0.15) is 48.1 Å². The summed E-state index contributed by atoms with van der Waals surface area (Å²) in [5, 5.41) is 3.08. The van der Waals surface area contributed by atoms with E-state index in [1.54, 1.807) is 7.11 Å². The number of halogens is 1. The molecule has 1 fully saturated rings. The Bertz CT molecular complexity index is 988. The van der Waals surface area contributed by atoms with Crippen LogP contribution in [0.5, 0.6) is 5.75 Å². The molecule has 0 saturated carbocycles. The van der Waals surface area contributed by atoms with Crippen molar-refractivity contribution in [3.63, 3.8) is 0 Å². The van der Waals surface area contributed by atoms with Gasteiger partial charge in [0, 0.05) is 18.7 Å². The van der Waals surface area contributed by atoms with Gasteiger partial charge in [-0.15, -0.1) is 0 Å². The van der Waals surface area contributed by atoms with Gasteiger partial charge >= 0.3 is 0 Å². The molecule has 0 radical (unpaired) electrons. The number of methoxy groups -OCH3 is 1. The van der Waals surface area contributed by atoms with Crippen LogP contribution in [-0.4, -0.2) is 38.8 Å². The van der Waals surface area contributed by atoms with Gasteiger partial charge in [-0.3, -0.25) is 4.79 Å². The number of amides is 1. The van der Waals surface area contributed by atoms with E-state index in [4.69, 9.17) is 16.3 Å². The minimum Gasteiger partial charge on any atom is -0.496 e. The van der Waals surface area contributed by atoms with E-state index in [0.29, 0.717) is 18.8 Å². The second-order valence-corrected chi connectivity index (χ2v) is 9.39. The maximum atomic E-state index is 12.9. The second-order valence-electron chi connectivity index (χ2n) is 7.04. The Balaban J connectivity index is 1.85. The minimum atomic E-state index is -3.65. The third-order valence-electron chi connectivity index (χ3n) is 5.09. The second kappa shape index (κ2) is 9.15. The first kappa shape index (κ1) is 21.6. The predicted molar refractivity (Wildman–Crippen MR) is 113 cm³/mol. The highest BCUT2D eigenvalue weighted by Gasteiger charge is 2.27. The molecule has 1 amide bonds. The molecule has 1 aliphatic heterocycles. The van der Waals surface area contributed by atoms with Crippen molar-refractivity contribution in [2.45, 2.75) is 37.1 Å². The monoisotopic (exact) mass is 436 g/mol. The smallest absolute Gasteiger partial charge is 0.253 e. The number of sulfonamides is 1. The van der Waals surface area contributed by atoms with Crippen molar-refractivity contribution < 1.29 is 17.9 Å². The Hall–Kier alpha value is -2.09. The van der Waals surface area contributed by atoms with Gasteiger partial charge in [-0.25, -0.2) is 8.42 Å². The Morgan fingerprint density at radius 2 is 1.83 bits per heavy atom. The summed E-state index contributed by atoms with van der Waals surface area (Å²) in [5.41, 5.74) is 0.947. The number of hydrogen-bond acceptors (Lipinski definition) is 4. The molecule has 1 saturated heterocycles. The Labute approximate surface area is 176 Å². The molecule has 1 aliphatic rings. The molecular weight excluding hydrogens is 412 g/mol. The summed E-state index contributed by atoms with van der Waals surface area (Å²) in [6.07, 6.45) is 2.72. The van der Waals surface area contributed by atoms with Crippen molar-refractivity contribution in [3.8, 4) is 5.75 Å². The van der Waals surface area contributed by atoms with Crippen molar-refractivity contribution in [1.29, 1.82) is 0 Å². The van der Waals surface area contributed by atoms with Crippen molar-refractivity contribution in [3.05, 3.63) is 58.6 Å². The highest BCUT2D eigenvalue weighted by atomic mass is 35.5. The maximum absolute atomic E-state index is 12.9. The fraction of sp³-hybridized carbons (Fsp3) is 0.381. The predicted octanol–water partition coefficient (Wildman–Crippen LogP) is 4.01. The van der Waals surface area contributed by atoms with Crippen LogP contribution in [-0.2, 0) is 10.0 Å². The lowest BCUT2D eigenvalue weighted by molar-refractivity contribution is 0.0939. The molecule has 29 heavy (non-hydrogen) atoms. The average molecular weight is 437 g/mol. The van der Waals surface area contributed by atoms with E-state index in [9.17, 15) is 13.2 Å². The van der Waals surface area contributed by atoms with Gasteiger partial charge in [0.1, 0.15) is 5.75 Å². The van der Waals surface area contributed by atoms with Gasteiger partial charge in [0.25, 0.3) is 5.91 Å². The fourth-order valence-electron chi connectivity index (χ4n) is 3.47. The van der Waals surface area contributed by atoms with Crippen LogP contribution in [0.2, 0.25) is 5.02 Å². The lowest BCUT2D eigenvalue weighted by Gasteiger charge is -2.26. The van der Waals surface area contributed by atoms with E-state index in [2.05, 4.69) is 5.32 Å². The van der Waals surface area contributed by atoms with Crippen LogP contribution in [0, 0.1) is 0 Å². The van der Waals surface area contributed by atoms with Crippen molar-refractivity contribution in [1.82, 2.24) is 9.62 Å². The van der Waals surface area contributed by atoms with Gasteiger partial charge in [-0.1, -0.05) is 36.2 Å². The molecule has 1 heterocycles. The number of nitrogens with one attached hydrogen (secondary N) is 1. The summed E-state index contributed by atoms with van der Waals surface area (Å²) in [5.74, 6) is 0.219. The molecule has 0 unspecified atom stereocenters. The number of nitrogens with zero attached hydrogens (tertiary/aromatic N) is 1. The number of para-hydroxylation sites is 1. The summed E-state index contributed by atoms with van der Waals surface area (Å²) in [4.78, 5) is 12.9. The Morgan fingerprint density at radius 3 is 2.52 bits per heavy atom. The van der Waals surface area contributed by atoms with Gasteiger partial charge in [-0.2, -0.15) is 4.31 Å². The van der Waals surface area contributed by atoms with E-state index >= 15 is 0 Å². The van der Waals surface area contributed by atoms with E-state index in [0.717, 1.165) is 24.8 Å². The van der Waals surface area contributed by atoms with Crippen molar-refractivity contribution in [2.75, 3.05) is 20.2 Å². The lowest BCUT2D eigenvalue weighted by Crippen LogP contribution is -2.35. The summed E-state index contributed by atoms with van der Waals surface area (Å²) < 4.78 is 32.7. The number of hydrogen-bond donors (Lipinski definition) is 1. The molecule has 1 atom stereocenters. The first-order valence-electron chi connectivity index (χ1n) is 9.58. The van der Waals surface area contributed by atoms with Crippen molar-refractivity contribution >= 4 is 27.5 Å². The summed E-state index contributed by atoms with van der Waals surface area (Å²) in [6, 6.07) is 11.3. The first-order valence-corrected chi connectivity index (χ1v) is 11.4. The van der Waals surface area contributed by atoms with Crippen molar-refractivity contribution in [2.24, 2.45) is 0 Å². The van der Waals surface area contributed by atoms with Gasteiger partial charge in [0.2, 0.25) is 10.0 Å². The van der Waals surface area contributed by atoms with Gasteiger partial charge in [-0.05, 0) is 44.0 Å². The van der Waals surface area contributed by atoms with Crippen LogP contribution in [0.4, 0.5) is 0 Å². The topological polar surface area (TPSA) is 75.7 Å². The SMILES string of the molecule is COc1ccccc1[C@H](C)NC(=O)c1cc(S(=O)(=O)N2CCCCC2)ccc1Cl. The minimum absolute atomic E-state index is 0.0823. The molecule has 1 N–H and O–H groups in total. The quantitative estimate of drug-likeness (QED) is 0.742. The van der Waals surface area contributed by atoms with Gasteiger partial charge in [0.15, 0.2) is 0 Å². The standard InChI is InChI=1S/C21H25ClN2O4S/c1-15(17-8-4-5-9-20(17)28-2)23-21(25)18-14-16(10-11-19(18)22)29(26,27)24-12-6-3-7-13-24/h4-5,8-11,14-15H,3,6-7,12-13H2,1-2H3,(H,23,25)/t15-/m0/s1. The Kier molecular flexibility index (Phi) is 6.82. The lowest BCUT2D eigenvalue weighted by atomic mass is 10.1. The summed E-state index contributed by atoms with van der Waals surface area (Å²) in [7, 11) is -2.08. The number of carbonyl (C=O) groups excluding carboxylic acids is 1. The highest BCUT2D eigenvalue weighted by molar-refractivity contribution is 7.89. The molecule has 2 aromatic rings. The third kappa shape index (κ3) is 4.74. The summed E-state index contributed by atoms with van der Waals surface area (Å²) >= 11 is 6.22. The zero-order valence-electron chi connectivity index (χ0n) is 16.5. The van der Waals surface area contributed by atoms with Crippen LogP contribution >= 0.6 is 11.6 Å². The van der Waals surface area contributed by atoms with Crippen LogP contribution in [0.25, 0.3) is 0 Å². The zero-order valence-corrected chi connectivity index (χ0v) is 18.1. The van der Waals surface area contributed by atoms with Gasteiger partial charge in [0.05, 0.1) is 28.6 Å². The highest BCUT2D eigenvalue weighted by Crippen LogP contribution is 2.27.